The minimum atomic E-state index is -3.78. The highest BCUT2D eigenvalue weighted by Crippen LogP contribution is 2.35. The molecule has 1 aliphatic rings. The van der Waals surface area contributed by atoms with Crippen LogP contribution in [-0.4, -0.2) is 50.8 Å². The molecule has 1 aromatic heterocycles. The summed E-state index contributed by atoms with van der Waals surface area (Å²) < 4.78 is 46.0. The summed E-state index contributed by atoms with van der Waals surface area (Å²) in [6.45, 7) is 1.07. The third-order valence-electron chi connectivity index (χ3n) is 4.79. The van der Waals surface area contributed by atoms with E-state index in [-0.39, 0.29) is 33.4 Å². The fourth-order valence-electron chi connectivity index (χ4n) is 3.16. The SMILES string of the molecule is O=C(NNC(=O)c1sc2cc(F)ccc2c1Cl)c1cccc(S(=O)(=O)N2CCOCC2)c1. The van der Waals surface area contributed by atoms with Crippen LogP contribution in [0.5, 0.6) is 0 Å². The van der Waals surface area contributed by atoms with Gasteiger partial charge in [0.2, 0.25) is 10.0 Å². The van der Waals surface area contributed by atoms with Crippen LogP contribution in [0.25, 0.3) is 10.1 Å². The van der Waals surface area contributed by atoms with E-state index >= 15 is 0 Å². The van der Waals surface area contributed by atoms with Gasteiger partial charge in [0.25, 0.3) is 11.8 Å². The minimum Gasteiger partial charge on any atom is -0.379 e. The second-order valence-corrected chi connectivity index (χ2v) is 10.2. The molecule has 0 saturated carbocycles. The van der Waals surface area contributed by atoms with E-state index in [0.29, 0.717) is 23.3 Å². The molecule has 3 aromatic rings. The van der Waals surface area contributed by atoms with Gasteiger partial charge in [0, 0.05) is 28.7 Å². The number of rotatable bonds is 4. The zero-order valence-electron chi connectivity index (χ0n) is 16.4. The minimum absolute atomic E-state index is 0.0343. The molecule has 8 nitrogen and oxygen atoms in total. The van der Waals surface area contributed by atoms with Crippen LogP contribution in [0.3, 0.4) is 0 Å². The molecule has 1 aliphatic heterocycles. The number of carbonyl (C=O) groups is 2. The van der Waals surface area contributed by atoms with E-state index in [1.165, 1.54) is 46.8 Å². The zero-order chi connectivity index (χ0) is 22.9. The van der Waals surface area contributed by atoms with Crippen molar-refractivity contribution < 1.29 is 27.1 Å². The van der Waals surface area contributed by atoms with Gasteiger partial charge < -0.3 is 4.74 Å². The molecule has 0 spiro atoms. The first kappa shape index (κ1) is 22.6. The number of ether oxygens (including phenoxy) is 1. The van der Waals surface area contributed by atoms with Crippen LogP contribution in [0, 0.1) is 5.82 Å². The van der Waals surface area contributed by atoms with E-state index in [4.69, 9.17) is 16.3 Å². The van der Waals surface area contributed by atoms with E-state index in [2.05, 4.69) is 10.9 Å². The van der Waals surface area contributed by atoms with Crippen molar-refractivity contribution in [3.05, 3.63) is 63.7 Å². The third kappa shape index (κ3) is 4.48. The van der Waals surface area contributed by atoms with E-state index in [1.807, 2.05) is 0 Å². The quantitative estimate of drug-likeness (QED) is 0.539. The maximum atomic E-state index is 13.4. The van der Waals surface area contributed by atoms with Gasteiger partial charge in [0.05, 0.1) is 23.1 Å². The molecule has 4 rings (SSSR count). The molecule has 0 unspecified atom stereocenters. The predicted molar refractivity (Wildman–Crippen MR) is 118 cm³/mol. The number of carbonyl (C=O) groups excluding carboxylic acids is 2. The van der Waals surface area contributed by atoms with Gasteiger partial charge in [0.1, 0.15) is 10.7 Å². The molecule has 0 atom stereocenters. The normalized spacial score (nSPS) is 14.9. The highest BCUT2D eigenvalue weighted by atomic mass is 35.5. The highest BCUT2D eigenvalue weighted by molar-refractivity contribution is 7.89. The first-order chi connectivity index (χ1) is 15.3. The third-order valence-corrected chi connectivity index (χ3v) is 8.34. The second kappa shape index (κ2) is 9.12. The van der Waals surface area contributed by atoms with Crippen molar-refractivity contribution in [3.8, 4) is 0 Å². The first-order valence-corrected chi connectivity index (χ1v) is 12.1. The van der Waals surface area contributed by atoms with Crippen molar-refractivity contribution in [2.75, 3.05) is 26.3 Å². The number of nitrogens with one attached hydrogen (secondary N) is 2. The molecule has 2 N–H and O–H groups in total. The van der Waals surface area contributed by atoms with Crippen molar-refractivity contribution in [1.82, 2.24) is 15.2 Å². The van der Waals surface area contributed by atoms with Gasteiger partial charge in [-0.3, -0.25) is 20.4 Å². The molecule has 168 valence electrons. The van der Waals surface area contributed by atoms with Crippen LogP contribution in [-0.2, 0) is 14.8 Å². The van der Waals surface area contributed by atoms with Crippen molar-refractivity contribution in [2.45, 2.75) is 4.90 Å². The summed E-state index contributed by atoms with van der Waals surface area (Å²) in [7, 11) is -3.78. The molecule has 0 aliphatic carbocycles. The maximum Gasteiger partial charge on any atom is 0.281 e. The number of sulfonamides is 1. The van der Waals surface area contributed by atoms with Gasteiger partial charge in [-0.05, 0) is 36.4 Å². The molecule has 12 heteroatoms. The number of hydrazine groups is 1. The summed E-state index contributed by atoms with van der Waals surface area (Å²) in [5.41, 5.74) is 4.54. The van der Waals surface area contributed by atoms with Crippen molar-refractivity contribution in [1.29, 1.82) is 0 Å². The second-order valence-electron chi connectivity index (χ2n) is 6.84. The summed E-state index contributed by atoms with van der Waals surface area (Å²) in [4.78, 5) is 25.1. The molecule has 2 aromatic carbocycles. The van der Waals surface area contributed by atoms with E-state index in [0.717, 1.165) is 11.3 Å². The summed E-state index contributed by atoms with van der Waals surface area (Å²) >= 11 is 7.20. The largest absolute Gasteiger partial charge is 0.379 e. The fraction of sp³-hybridized carbons (Fsp3) is 0.200. The van der Waals surface area contributed by atoms with Gasteiger partial charge in [-0.15, -0.1) is 11.3 Å². The number of hydrogen-bond donors (Lipinski definition) is 2. The molecular weight excluding hydrogens is 481 g/mol. The average molecular weight is 498 g/mol. The zero-order valence-corrected chi connectivity index (χ0v) is 18.8. The Bertz CT molecular complexity index is 1310. The van der Waals surface area contributed by atoms with Gasteiger partial charge >= 0.3 is 0 Å². The smallest absolute Gasteiger partial charge is 0.281 e. The number of halogens is 2. The lowest BCUT2D eigenvalue weighted by atomic mass is 10.2. The van der Waals surface area contributed by atoms with Crippen LogP contribution in [0.15, 0.2) is 47.4 Å². The molecule has 0 bridgehead atoms. The van der Waals surface area contributed by atoms with Gasteiger partial charge in [0.15, 0.2) is 0 Å². The number of amides is 2. The average Bonchev–Trinajstić information content (AvgIpc) is 3.13. The molecule has 2 amide bonds. The molecule has 1 saturated heterocycles. The summed E-state index contributed by atoms with van der Waals surface area (Å²) in [5.74, 6) is -1.84. The van der Waals surface area contributed by atoms with Crippen LogP contribution >= 0.6 is 22.9 Å². The number of hydrogen-bond acceptors (Lipinski definition) is 6. The number of fused-ring (bicyclic) bond motifs is 1. The predicted octanol–water partition coefficient (Wildman–Crippen LogP) is 2.79. The number of nitrogens with zero attached hydrogens (tertiary/aromatic N) is 1. The Labute approximate surface area is 191 Å². The maximum absolute atomic E-state index is 13.4. The fourth-order valence-corrected chi connectivity index (χ4v) is 6.05. The van der Waals surface area contributed by atoms with Crippen LogP contribution in [0.1, 0.15) is 20.0 Å². The van der Waals surface area contributed by atoms with E-state index in [9.17, 15) is 22.4 Å². The Balaban J connectivity index is 1.47. The van der Waals surface area contributed by atoms with Crippen LogP contribution in [0.4, 0.5) is 4.39 Å². The number of benzene rings is 2. The molecule has 32 heavy (non-hydrogen) atoms. The molecule has 0 radical (unpaired) electrons. The number of morpholine rings is 1. The van der Waals surface area contributed by atoms with Crippen molar-refractivity contribution in [3.63, 3.8) is 0 Å². The van der Waals surface area contributed by atoms with Crippen LogP contribution < -0.4 is 10.9 Å². The topological polar surface area (TPSA) is 105 Å². The van der Waals surface area contributed by atoms with Crippen LogP contribution in [0.2, 0.25) is 5.02 Å². The Morgan fingerprint density at radius 2 is 1.78 bits per heavy atom. The standard InChI is InChI=1S/C20H17ClFN3O5S2/c21-17-15-5-4-13(22)11-16(15)31-18(17)20(27)24-23-19(26)12-2-1-3-14(10-12)32(28,29)25-6-8-30-9-7-25/h1-5,10-11H,6-9H2,(H,23,26)(H,24,27). The monoisotopic (exact) mass is 497 g/mol. The highest BCUT2D eigenvalue weighted by Gasteiger charge is 2.27. The van der Waals surface area contributed by atoms with E-state index in [1.54, 1.807) is 0 Å². The summed E-state index contributed by atoms with van der Waals surface area (Å²) in [5, 5.41) is 0.672. The van der Waals surface area contributed by atoms with Crippen molar-refractivity contribution in [2.24, 2.45) is 0 Å². The van der Waals surface area contributed by atoms with Gasteiger partial charge in [-0.25, -0.2) is 12.8 Å². The summed E-state index contributed by atoms with van der Waals surface area (Å²) in [6, 6.07) is 9.48. The number of thiophene rings is 1. The lowest BCUT2D eigenvalue weighted by Gasteiger charge is -2.26. The van der Waals surface area contributed by atoms with Gasteiger partial charge in [-0.1, -0.05) is 17.7 Å². The molecule has 1 fully saturated rings. The first-order valence-electron chi connectivity index (χ1n) is 9.43. The molecule has 2 heterocycles. The Hall–Kier alpha value is -2.57. The lowest BCUT2D eigenvalue weighted by Crippen LogP contribution is -2.42. The Morgan fingerprint density at radius 1 is 1.06 bits per heavy atom. The summed E-state index contributed by atoms with van der Waals surface area (Å²) in [6.07, 6.45) is 0. The van der Waals surface area contributed by atoms with Gasteiger partial charge in [-0.2, -0.15) is 4.31 Å². The lowest BCUT2D eigenvalue weighted by molar-refractivity contribution is 0.0730. The van der Waals surface area contributed by atoms with Crippen molar-refractivity contribution >= 4 is 54.9 Å². The van der Waals surface area contributed by atoms with E-state index < -0.39 is 27.7 Å². The molecular formula is C20H17ClFN3O5S2. The Morgan fingerprint density at radius 3 is 2.53 bits per heavy atom. The Kier molecular flexibility index (Phi) is 6.45.